The van der Waals surface area contributed by atoms with E-state index in [0.29, 0.717) is 36.4 Å². The maximum atomic E-state index is 13.6. The minimum atomic E-state index is -4.57. The molecule has 0 amide bonds. The van der Waals surface area contributed by atoms with Crippen LogP contribution in [0.1, 0.15) is 40.2 Å². The van der Waals surface area contributed by atoms with E-state index in [1.165, 1.54) is 18.8 Å². The zero-order chi connectivity index (χ0) is 31.0. The van der Waals surface area contributed by atoms with Gasteiger partial charge in [-0.3, -0.25) is 9.46 Å². The number of nitrogens with zero attached hydrogens (tertiary/aromatic N) is 1. The smallest absolute Gasteiger partial charge is 0.417 e. The molecule has 0 saturated heterocycles. The van der Waals surface area contributed by atoms with Crippen LogP contribution in [0.4, 0.5) is 13.2 Å². The summed E-state index contributed by atoms with van der Waals surface area (Å²) in [5, 5.41) is 9.37. The molecule has 4 aromatic rings. The summed E-state index contributed by atoms with van der Waals surface area (Å²) >= 11 is 6.29. The Morgan fingerprint density at radius 3 is 2.09 bits per heavy atom. The van der Waals surface area contributed by atoms with E-state index < -0.39 is 19.1 Å². The fourth-order valence-electron chi connectivity index (χ4n) is 5.06. The molecule has 0 aliphatic rings. The molecular weight excluding hydrogens is 598 g/mol. The second-order valence-corrected chi connectivity index (χ2v) is 13.0. The number of alkyl halides is 3. The van der Waals surface area contributed by atoms with Crippen molar-refractivity contribution in [2.24, 2.45) is 0 Å². The molecule has 0 aliphatic heterocycles. The highest BCUT2D eigenvalue weighted by atomic mass is 35.5. The van der Waals surface area contributed by atoms with Crippen LogP contribution in [0.3, 0.4) is 0 Å². The average Bonchev–Trinajstić information content (AvgIpc) is 2.98. The summed E-state index contributed by atoms with van der Waals surface area (Å²) < 4.78 is 59.0. The van der Waals surface area contributed by atoms with Gasteiger partial charge in [0.15, 0.2) is 0 Å². The van der Waals surface area contributed by atoms with Gasteiger partial charge in [0.05, 0.1) is 23.8 Å². The van der Waals surface area contributed by atoms with Crippen LogP contribution in [0.5, 0.6) is 5.75 Å². The first-order chi connectivity index (χ1) is 20.5. The molecule has 0 aliphatic carbocycles. The van der Waals surface area contributed by atoms with E-state index in [2.05, 4.69) is 4.90 Å². The summed E-state index contributed by atoms with van der Waals surface area (Å²) in [5.74, 6) is 0.340. The van der Waals surface area contributed by atoms with Gasteiger partial charge in [-0.2, -0.15) is 13.2 Å². The highest BCUT2D eigenvalue weighted by Gasteiger charge is 2.34. The molecule has 0 bridgehead atoms. The van der Waals surface area contributed by atoms with Gasteiger partial charge in [-0.1, -0.05) is 90.5 Å². The summed E-state index contributed by atoms with van der Waals surface area (Å²) in [6, 6.07) is 28.5. The Kier molecular flexibility index (Phi) is 11.1. The van der Waals surface area contributed by atoms with Crippen molar-refractivity contribution < 1.29 is 32.5 Å². The summed E-state index contributed by atoms with van der Waals surface area (Å²) in [6.07, 6.45) is -4.04. The first kappa shape index (κ1) is 32.8. The molecular formula is C33H34ClF3NO4P. The van der Waals surface area contributed by atoms with Gasteiger partial charge in [0.25, 0.3) is 0 Å². The first-order valence-electron chi connectivity index (χ1n) is 13.8. The number of hydrogen-bond donors (Lipinski definition) is 2. The fourth-order valence-corrected chi connectivity index (χ4v) is 6.40. The number of hydrogen-bond acceptors (Lipinski definition) is 4. The van der Waals surface area contributed by atoms with Gasteiger partial charge >= 0.3 is 6.18 Å². The zero-order valence-electron chi connectivity index (χ0n) is 23.7. The second-order valence-electron chi connectivity index (χ2n) is 10.4. The molecule has 5 nitrogen and oxygen atoms in total. The lowest BCUT2D eigenvalue weighted by atomic mass is 9.90. The van der Waals surface area contributed by atoms with E-state index in [1.54, 1.807) is 18.2 Å². The van der Waals surface area contributed by atoms with Crippen molar-refractivity contribution in [3.8, 4) is 5.75 Å². The number of ether oxygens (including phenoxy) is 1. The highest BCUT2D eigenvalue weighted by molar-refractivity contribution is 7.65. The van der Waals surface area contributed by atoms with Crippen molar-refractivity contribution in [1.82, 2.24) is 4.90 Å². The highest BCUT2D eigenvalue weighted by Crippen LogP contribution is 2.38. The van der Waals surface area contributed by atoms with E-state index in [-0.39, 0.29) is 36.0 Å². The fraction of sp³-hybridized carbons (Fsp3) is 0.273. The average molecular weight is 632 g/mol. The Morgan fingerprint density at radius 1 is 0.907 bits per heavy atom. The van der Waals surface area contributed by atoms with Crippen molar-refractivity contribution in [3.05, 3.63) is 130 Å². The van der Waals surface area contributed by atoms with Crippen LogP contribution in [-0.2, 0) is 23.9 Å². The molecule has 0 aromatic heterocycles. The predicted octanol–water partition coefficient (Wildman–Crippen LogP) is 7.48. The van der Waals surface area contributed by atoms with E-state index in [4.69, 9.17) is 16.3 Å². The predicted molar refractivity (Wildman–Crippen MR) is 164 cm³/mol. The monoisotopic (exact) mass is 631 g/mol. The molecule has 4 rings (SSSR count). The van der Waals surface area contributed by atoms with Crippen molar-refractivity contribution >= 4 is 24.3 Å². The van der Waals surface area contributed by atoms with Gasteiger partial charge < -0.3 is 14.7 Å². The third kappa shape index (κ3) is 8.94. The quantitative estimate of drug-likeness (QED) is 0.118. The van der Waals surface area contributed by atoms with Crippen molar-refractivity contribution in [2.45, 2.75) is 31.7 Å². The summed E-state index contributed by atoms with van der Waals surface area (Å²) in [5.41, 5.74) is 2.03. The number of benzene rings is 4. The van der Waals surface area contributed by atoms with Gasteiger partial charge in [-0.15, -0.1) is 0 Å². The number of aliphatic hydroxyl groups is 1. The van der Waals surface area contributed by atoms with Crippen molar-refractivity contribution in [2.75, 3.05) is 26.4 Å². The molecule has 2 N–H and O–H groups in total. The topological polar surface area (TPSA) is 70.0 Å². The van der Waals surface area contributed by atoms with E-state index in [9.17, 15) is 27.7 Å². The van der Waals surface area contributed by atoms with Gasteiger partial charge in [-0.25, -0.2) is 0 Å². The molecule has 0 spiro atoms. The maximum Gasteiger partial charge on any atom is 0.417 e. The lowest BCUT2D eigenvalue weighted by Crippen LogP contribution is -2.31. The van der Waals surface area contributed by atoms with Gasteiger partial charge in [0, 0.05) is 37.5 Å². The van der Waals surface area contributed by atoms with Crippen molar-refractivity contribution in [1.29, 1.82) is 0 Å². The Bertz CT molecular complexity index is 1490. The van der Waals surface area contributed by atoms with Gasteiger partial charge in [0.2, 0.25) is 7.37 Å². The van der Waals surface area contributed by atoms with Crippen LogP contribution in [0.15, 0.2) is 97.1 Å². The second kappa shape index (κ2) is 14.6. The van der Waals surface area contributed by atoms with Crippen LogP contribution < -0.4 is 10.0 Å². The Morgan fingerprint density at radius 2 is 1.53 bits per heavy atom. The number of rotatable bonds is 13. The van der Waals surface area contributed by atoms with Gasteiger partial charge in [-0.05, 0) is 46.9 Å². The molecule has 0 fully saturated rings. The minimum absolute atomic E-state index is 0.0512. The molecule has 0 radical (unpaired) electrons. The molecule has 0 saturated carbocycles. The van der Waals surface area contributed by atoms with E-state index in [0.717, 1.165) is 17.2 Å². The minimum Gasteiger partial charge on any atom is -0.494 e. The van der Waals surface area contributed by atoms with Crippen LogP contribution in [0.25, 0.3) is 0 Å². The largest absolute Gasteiger partial charge is 0.494 e. The molecule has 10 heteroatoms. The first-order valence-corrected chi connectivity index (χ1v) is 16.3. The molecule has 1 atom stereocenters. The summed E-state index contributed by atoms with van der Waals surface area (Å²) in [6.45, 7) is 2.28. The van der Waals surface area contributed by atoms with Crippen LogP contribution in [0.2, 0.25) is 5.02 Å². The van der Waals surface area contributed by atoms with Crippen LogP contribution in [-0.4, -0.2) is 41.3 Å². The molecule has 228 valence electrons. The molecule has 43 heavy (non-hydrogen) atoms. The lowest BCUT2D eigenvalue weighted by Gasteiger charge is -2.29. The summed E-state index contributed by atoms with van der Waals surface area (Å²) in [4.78, 5) is 12.1. The molecule has 0 heterocycles. The van der Waals surface area contributed by atoms with Gasteiger partial charge in [0.1, 0.15) is 5.75 Å². The third-order valence-electron chi connectivity index (χ3n) is 7.18. The Balaban J connectivity index is 1.57. The van der Waals surface area contributed by atoms with Crippen LogP contribution >= 0.6 is 19.0 Å². The Hall–Kier alpha value is -3.13. The standard InChI is InChI=1S/C33H34ClF3NO4P/c1-43(40,41)31-20-28(17-16-27(31)23-39)42-19-9-18-38(21-26-14-8-15-30(32(26)34)33(35,36)37)22-29(24-10-4-2-5-11-24)25-12-6-3-7-13-25/h2-8,10-17,20,29,39H,9,18-19,21-23H2,1H3,(H,40,41). The third-order valence-corrected chi connectivity index (χ3v) is 8.94. The SMILES string of the molecule is CP(=O)(O)c1cc(OCCCN(Cc2cccc(C(F)(F)F)c2Cl)CC(c2ccccc2)c2ccccc2)ccc1CO. The summed E-state index contributed by atoms with van der Waals surface area (Å²) in [7, 11) is -3.63. The Labute approximate surface area is 255 Å². The van der Waals surface area contributed by atoms with Crippen LogP contribution in [0, 0.1) is 0 Å². The maximum absolute atomic E-state index is 13.6. The zero-order valence-corrected chi connectivity index (χ0v) is 25.3. The van der Waals surface area contributed by atoms with E-state index >= 15 is 0 Å². The molecule has 1 unspecified atom stereocenters. The lowest BCUT2D eigenvalue weighted by molar-refractivity contribution is -0.137. The molecule has 4 aromatic carbocycles. The van der Waals surface area contributed by atoms with Crippen molar-refractivity contribution in [3.63, 3.8) is 0 Å². The number of aliphatic hydroxyl groups excluding tert-OH is 1. The number of halogens is 4. The normalized spacial score (nSPS) is 13.3. The van der Waals surface area contributed by atoms with E-state index in [1.807, 2.05) is 60.7 Å².